The average Bonchev–Trinajstić information content (AvgIpc) is 2.48. The van der Waals surface area contributed by atoms with Crippen LogP contribution in [-0.4, -0.2) is 18.3 Å². The van der Waals surface area contributed by atoms with Gasteiger partial charge >= 0.3 is 0 Å². The number of benzene rings is 1. The van der Waals surface area contributed by atoms with E-state index in [1.165, 1.54) is 6.07 Å². The highest BCUT2D eigenvalue weighted by molar-refractivity contribution is 6.42. The van der Waals surface area contributed by atoms with Crippen LogP contribution in [0.2, 0.25) is 10.0 Å². The molecule has 0 amide bonds. The van der Waals surface area contributed by atoms with Crippen LogP contribution in [0.1, 0.15) is 5.56 Å². The van der Waals surface area contributed by atoms with Crippen LogP contribution < -0.4 is 10.9 Å². The molecule has 0 aliphatic heterocycles. The standard InChI is InChI=1S/C15H16Cl2N2O2/c1-21-7-6-19-10-12(3-5-15(19)20)18-9-11-2-4-13(16)14(17)8-11/h2-5,8,10,18H,6-7,9H2,1H3. The van der Waals surface area contributed by atoms with Crippen molar-refractivity contribution in [1.82, 2.24) is 4.57 Å². The lowest BCUT2D eigenvalue weighted by molar-refractivity contribution is 0.186. The summed E-state index contributed by atoms with van der Waals surface area (Å²) in [7, 11) is 1.61. The zero-order chi connectivity index (χ0) is 15.2. The Morgan fingerprint density at radius 3 is 2.71 bits per heavy atom. The van der Waals surface area contributed by atoms with Gasteiger partial charge in [0.05, 0.1) is 22.3 Å². The lowest BCUT2D eigenvalue weighted by atomic mass is 10.2. The summed E-state index contributed by atoms with van der Waals surface area (Å²) in [5.41, 5.74) is 1.82. The Morgan fingerprint density at radius 1 is 1.19 bits per heavy atom. The molecule has 112 valence electrons. The van der Waals surface area contributed by atoms with Crippen molar-refractivity contribution in [3.63, 3.8) is 0 Å². The van der Waals surface area contributed by atoms with Crippen molar-refractivity contribution in [1.29, 1.82) is 0 Å². The normalized spacial score (nSPS) is 10.6. The fourth-order valence-corrected chi connectivity index (χ4v) is 2.17. The lowest BCUT2D eigenvalue weighted by Gasteiger charge is -2.10. The number of hydrogen-bond donors (Lipinski definition) is 1. The van der Waals surface area contributed by atoms with E-state index in [4.69, 9.17) is 27.9 Å². The number of methoxy groups -OCH3 is 1. The van der Waals surface area contributed by atoms with Crippen molar-refractivity contribution in [2.75, 3.05) is 19.0 Å². The minimum absolute atomic E-state index is 0.0489. The molecule has 0 saturated carbocycles. The molecule has 6 heteroatoms. The molecule has 1 aromatic heterocycles. The maximum atomic E-state index is 11.7. The van der Waals surface area contributed by atoms with Crippen LogP contribution in [-0.2, 0) is 17.8 Å². The second-order valence-corrected chi connectivity index (χ2v) is 5.36. The molecule has 0 saturated heterocycles. The summed E-state index contributed by atoms with van der Waals surface area (Å²) in [6.07, 6.45) is 1.78. The number of pyridine rings is 1. The number of nitrogens with one attached hydrogen (secondary N) is 1. The van der Waals surface area contributed by atoms with Gasteiger partial charge < -0.3 is 14.6 Å². The van der Waals surface area contributed by atoms with Gasteiger partial charge in [0.15, 0.2) is 0 Å². The molecule has 1 aromatic carbocycles. The molecular weight excluding hydrogens is 311 g/mol. The van der Waals surface area contributed by atoms with E-state index in [9.17, 15) is 4.79 Å². The van der Waals surface area contributed by atoms with E-state index < -0.39 is 0 Å². The fraction of sp³-hybridized carbons (Fsp3) is 0.267. The summed E-state index contributed by atoms with van der Waals surface area (Å²) >= 11 is 11.9. The Balaban J connectivity index is 2.05. The minimum atomic E-state index is -0.0489. The highest BCUT2D eigenvalue weighted by Gasteiger charge is 2.01. The number of halogens is 2. The zero-order valence-corrected chi connectivity index (χ0v) is 13.1. The van der Waals surface area contributed by atoms with E-state index in [0.717, 1.165) is 11.3 Å². The zero-order valence-electron chi connectivity index (χ0n) is 11.6. The number of nitrogens with zero attached hydrogens (tertiary/aromatic N) is 1. The third-order valence-corrected chi connectivity index (χ3v) is 3.74. The quantitative estimate of drug-likeness (QED) is 0.884. The van der Waals surface area contributed by atoms with Gasteiger partial charge in [-0.3, -0.25) is 4.79 Å². The highest BCUT2D eigenvalue weighted by atomic mass is 35.5. The molecule has 0 fully saturated rings. The van der Waals surface area contributed by atoms with Gasteiger partial charge in [-0.2, -0.15) is 0 Å². The van der Waals surface area contributed by atoms with E-state index in [0.29, 0.717) is 29.7 Å². The van der Waals surface area contributed by atoms with Crippen molar-refractivity contribution in [2.24, 2.45) is 0 Å². The molecule has 2 rings (SSSR count). The molecule has 0 aliphatic carbocycles. The molecule has 1 heterocycles. The van der Waals surface area contributed by atoms with Gasteiger partial charge in [0.1, 0.15) is 0 Å². The average molecular weight is 327 g/mol. The predicted molar refractivity (Wildman–Crippen MR) is 86.4 cm³/mol. The second kappa shape index (κ2) is 7.50. The summed E-state index contributed by atoms with van der Waals surface area (Å²) in [5.74, 6) is 0. The molecule has 21 heavy (non-hydrogen) atoms. The maximum absolute atomic E-state index is 11.7. The number of aromatic nitrogens is 1. The SMILES string of the molecule is COCCn1cc(NCc2ccc(Cl)c(Cl)c2)ccc1=O. The summed E-state index contributed by atoms with van der Waals surface area (Å²) in [6, 6.07) is 8.77. The Kier molecular flexibility index (Phi) is 5.67. The molecule has 2 aromatic rings. The minimum Gasteiger partial charge on any atom is -0.383 e. The Labute approximate surface area is 133 Å². The summed E-state index contributed by atoms with van der Waals surface area (Å²) in [6.45, 7) is 1.62. The van der Waals surface area contributed by atoms with Crippen LogP contribution in [0.5, 0.6) is 0 Å². The van der Waals surface area contributed by atoms with Crippen molar-refractivity contribution < 1.29 is 4.74 Å². The van der Waals surface area contributed by atoms with Crippen LogP contribution >= 0.6 is 23.2 Å². The Hall–Kier alpha value is -1.49. The summed E-state index contributed by atoms with van der Waals surface area (Å²) in [4.78, 5) is 11.7. The van der Waals surface area contributed by atoms with Gasteiger partial charge in [0.25, 0.3) is 5.56 Å². The largest absolute Gasteiger partial charge is 0.383 e. The first-order valence-corrected chi connectivity index (χ1v) is 7.23. The van der Waals surface area contributed by atoms with E-state index in [1.54, 1.807) is 30.0 Å². The first kappa shape index (κ1) is 15.9. The molecular formula is C15H16Cl2N2O2. The van der Waals surface area contributed by atoms with Gasteiger partial charge in [0, 0.05) is 32.5 Å². The molecule has 0 unspecified atom stereocenters. The number of rotatable bonds is 6. The Bertz CT molecular complexity index is 671. The Morgan fingerprint density at radius 2 is 2.00 bits per heavy atom. The van der Waals surface area contributed by atoms with Crippen molar-refractivity contribution in [3.05, 3.63) is 62.5 Å². The van der Waals surface area contributed by atoms with Gasteiger partial charge in [-0.05, 0) is 23.8 Å². The van der Waals surface area contributed by atoms with Crippen LogP contribution in [0.15, 0.2) is 41.3 Å². The predicted octanol–water partition coefficient (Wildman–Crippen LogP) is 3.41. The first-order chi connectivity index (χ1) is 10.1. The maximum Gasteiger partial charge on any atom is 0.250 e. The molecule has 0 aliphatic rings. The van der Waals surface area contributed by atoms with Gasteiger partial charge in [-0.1, -0.05) is 29.3 Å². The molecule has 4 nitrogen and oxygen atoms in total. The molecule has 0 atom stereocenters. The van der Waals surface area contributed by atoms with Gasteiger partial charge in [-0.25, -0.2) is 0 Å². The fourth-order valence-electron chi connectivity index (χ4n) is 1.85. The van der Waals surface area contributed by atoms with Crippen molar-refractivity contribution in [3.8, 4) is 0 Å². The molecule has 0 spiro atoms. The van der Waals surface area contributed by atoms with Crippen LogP contribution in [0.3, 0.4) is 0 Å². The highest BCUT2D eigenvalue weighted by Crippen LogP contribution is 2.22. The van der Waals surface area contributed by atoms with Crippen molar-refractivity contribution >= 4 is 28.9 Å². The van der Waals surface area contributed by atoms with Crippen LogP contribution in [0.4, 0.5) is 5.69 Å². The third-order valence-electron chi connectivity index (χ3n) is 3.00. The topological polar surface area (TPSA) is 43.3 Å². The van der Waals surface area contributed by atoms with Crippen molar-refractivity contribution in [2.45, 2.75) is 13.1 Å². The van der Waals surface area contributed by atoms with E-state index in [2.05, 4.69) is 5.32 Å². The number of ether oxygens (including phenoxy) is 1. The third kappa shape index (κ3) is 4.49. The molecule has 1 N–H and O–H groups in total. The van der Waals surface area contributed by atoms with Gasteiger partial charge in [0.2, 0.25) is 0 Å². The van der Waals surface area contributed by atoms with E-state index in [1.807, 2.05) is 12.1 Å². The summed E-state index contributed by atoms with van der Waals surface area (Å²) < 4.78 is 6.60. The summed E-state index contributed by atoms with van der Waals surface area (Å²) in [5, 5.41) is 4.31. The molecule has 0 radical (unpaired) electrons. The molecule has 0 bridgehead atoms. The second-order valence-electron chi connectivity index (χ2n) is 4.54. The number of anilines is 1. The van der Waals surface area contributed by atoms with E-state index >= 15 is 0 Å². The van der Waals surface area contributed by atoms with E-state index in [-0.39, 0.29) is 5.56 Å². The van der Waals surface area contributed by atoms with Crippen LogP contribution in [0, 0.1) is 0 Å². The lowest BCUT2D eigenvalue weighted by Crippen LogP contribution is -2.21. The monoisotopic (exact) mass is 326 g/mol. The van der Waals surface area contributed by atoms with Gasteiger partial charge in [-0.15, -0.1) is 0 Å². The number of hydrogen-bond acceptors (Lipinski definition) is 3. The smallest absolute Gasteiger partial charge is 0.250 e. The van der Waals surface area contributed by atoms with Crippen LogP contribution in [0.25, 0.3) is 0 Å². The first-order valence-electron chi connectivity index (χ1n) is 6.47.